The van der Waals surface area contributed by atoms with Crippen LogP contribution in [0.4, 0.5) is 0 Å². The molecule has 0 atom stereocenters. The van der Waals surface area contributed by atoms with Crippen LogP contribution in [0.5, 0.6) is 0 Å². The van der Waals surface area contributed by atoms with E-state index in [1.54, 1.807) is 0 Å². The summed E-state index contributed by atoms with van der Waals surface area (Å²) in [6, 6.07) is 0. The molecular weight excluding hydrogens is 319 g/mol. The van der Waals surface area contributed by atoms with Crippen LogP contribution < -0.4 is 51.4 Å². The zero-order valence-corrected chi connectivity index (χ0v) is 17.4. The first kappa shape index (κ1) is 24.3. The molecule has 0 aliphatic heterocycles. The smallest absolute Gasteiger partial charge is 0.465 e. The van der Waals surface area contributed by atoms with Crippen molar-refractivity contribution >= 4 is 16.1 Å². The molecule has 120 valence electrons. The SMILES string of the molecule is CCCCCCCCCCCCOC(=O)CS(=O)(=O)O.[K+]. The Balaban J connectivity index is 0. The van der Waals surface area contributed by atoms with E-state index in [1.165, 1.54) is 44.9 Å². The maximum Gasteiger partial charge on any atom is 1.00 e. The van der Waals surface area contributed by atoms with Crippen LogP contribution in [0.3, 0.4) is 0 Å². The summed E-state index contributed by atoms with van der Waals surface area (Å²) in [6.45, 7) is 2.44. The van der Waals surface area contributed by atoms with Gasteiger partial charge in [0, 0.05) is 0 Å². The van der Waals surface area contributed by atoms with Gasteiger partial charge in [0.25, 0.3) is 10.1 Å². The van der Waals surface area contributed by atoms with E-state index in [-0.39, 0.29) is 58.0 Å². The molecule has 0 aliphatic carbocycles. The average molecular weight is 348 g/mol. The molecule has 0 fully saturated rings. The van der Waals surface area contributed by atoms with Gasteiger partial charge in [-0.1, -0.05) is 64.7 Å². The number of rotatable bonds is 13. The summed E-state index contributed by atoms with van der Waals surface area (Å²) in [5.41, 5.74) is 0. The Hall–Kier alpha value is 1.02. The Morgan fingerprint density at radius 1 is 0.905 bits per heavy atom. The standard InChI is InChI=1S/C14H28O5S.K/c1-2-3-4-5-6-7-8-9-10-11-12-19-14(15)13-20(16,17)18;/h2-13H2,1H3,(H,16,17,18);/q;+1. The van der Waals surface area contributed by atoms with Crippen LogP contribution in [-0.4, -0.2) is 31.3 Å². The summed E-state index contributed by atoms with van der Waals surface area (Å²) >= 11 is 0. The van der Waals surface area contributed by atoms with E-state index in [0.29, 0.717) is 0 Å². The van der Waals surface area contributed by atoms with Crippen molar-refractivity contribution in [3.8, 4) is 0 Å². The fourth-order valence-electron chi connectivity index (χ4n) is 1.97. The molecule has 7 heteroatoms. The molecule has 0 aromatic heterocycles. The maximum atomic E-state index is 11.0. The number of carbonyl (C=O) groups excluding carboxylic acids is 1. The van der Waals surface area contributed by atoms with Gasteiger partial charge in [0.2, 0.25) is 0 Å². The quantitative estimate of drug-likeness (QED) is 0.225. The predicted octanol–water partition coefficient (Wildman–Crippen LogP) is 0.342. The van der Waals surface area contributed by atoms with E-state index in [2.05, 4.69) is 6.92 Å². The monoisotopic (exact) mass is 347 g/mol. The van der Waals surface area contributed by atoms with Crippen LogP contribution in [-0.2, 0) is 19.6 Å². The van der Waals surface area contributed by atoms with Crippen molar-refractivity contribution in [2.75, 3.05) is 12.4 Å². The van der Waals surface area contributed by atoms with Crippen molar-refractivity contribution in [1.82, 2.24) is 0 Å². The molecule has 5 nitrogen and oxygen atoms in total. The molecule has 0 heterocycles. The van der Waals surface area contributed by atoms with E-state index in [9.17, 15) is 13.2 Å². The second kappa shape index (κ2) is 15.9. The third kappa shape index (κ3) is 21.0. The van der Waals surface area contributed by atoms with Gasteiger partial charge < -0.3 is 4.74 Å². The zero-order valence-electron chi connectivity index (χ0n) is 13.5. The molecule has 0 rings (SSSR count). The molecule has 0 amide bonds. The normalized spacial score (nSPS) is 11.0. The van der Waals surface area contributed by atoms with Crippen molar-refractivity contribution in [1.29, 1.82) is 0 Å². The van der Waals surface area contributed by atoms with E-state index in [1.807, 2.05) is 0 Å². The number of carbonyl (C=O) groups is 1. The van der Waals surface area contributed by atoms with Gasteiger partial charge in [0.05, 0.1) is 6.61 Å². The molecule has 0 saturated heterocycles. The number of unbranched alkanes of at least 4 members (excludes halogenated alkanes) is 9. The van der Waals surface area contributed by atoms with Gasteiger partial charge in [-0.15, -0.1) is 0 Å². The van der Waals surface area contributed by atoms with Gasteiger partial charge in [0.15, 0.2) is 5.75 Å². The van der Waals surface area contributed by atoms with Crippen molar-refractivity contribution in [3.05, 3.63) is 0 Å². The van der Waals surface area contributed by atoms with Crippen molar-refractivity contribution in [2.45, 2.75) is 71.1 Å². The van der Waals surface area contributed by atoms with Crippen LogP contribution in [0.15, 0.2) is 0 Å². The summed E-state index contributed by atoms with van der Waals surface area (Å²) in [6.07, 6.45) is 11.8. The number of ether oxygens (including phenoxy) is 1. The second-order valence-corrected chi connectivity index (χ2v) is 6.58. The molecule has 1 N–H and O–H groups in total. The largest absolute Gasteiger partial charge is 1.00 e. The van der Waals surface area contributed by atoms with Crippen LogP contribution in [0.2, 0.25) is 0 Å². The minimum Gasteiger partial charge on any atom is -0.465 e. The van der Waals surface area contributed by atoms with E-state index >= 15 is 0 Å². The molecule has 0 aromatic carbocycles. The van der Waals surface area contributed by atoms with Crippen LogP contribution in [0.1, 0.15) is 71.1 Å². The van der Waals surface area contributed by atoms with Gasteiger partial charge in [0.1, 0.15) is 0 Å². The number of esters is 1. The second-order valence-electron chi connectivity index (χ2n) is 5.13. The molecule has 0 saturated carbocycles. The third-order valence-electron chi connectivity index (χ3n) is 3.06. The molecule has 0 aromatic rings. The van der Waals surface area contributed by atoms with E-state index in [4.69, 9.17) is 9.29 Å². The molecule has 0 bridgehead atoms. The Morgan fingerprint density at radius 3 is 1.76 bits per heavy atom. The van der Waals surface area contributed by atoms with Crippen molar-refractivity contribution < 1.29 is 73.9 Å². The Morgan fingerprint density at radius 2 is 1.33 bits per heavy atom. The molecule has 0 radical (unpaired) electrons. The number of hydrogen-bond donors (Lipinski definition) is 1. The van der Waals surface area contributed by atoms with Crippen molar-refractivity contribution in [3.63, 3.8) is 0 Å². The predicted molar refractivity (Wildman–Crippen MR) is 79.2 cm³/mol. The summed E-state index contributed by atoms with van der Waals surface area (Å²) in [7, 11) is -4.26. The third-order valence-corrected chi connectivity index (χ3v) is 3.66. The molecular formula is C14H28KO5S+. The Labute approximate surface area is 171 Å². The first-order chi connectivity index (χ1) is 9.45. The van der Waals surface area contributed by atoms with Gasteiger partial charge in [-0.25, -0.2) is 0 Å². The van der Waals surface area contributed by atoms with E-state index in [0.717, 1.165) is 19.3 Å². The van der Waals surface area contributed by atoms with Crippen LogP contribution in [0.25, 0.3) is 0 Å². The first-order valence-corrected chi connectivity index (χ1v) is 9.17. The zero-order chi connectivity index (χ0) is 15.3. The molecule has 21 heavy (non-hydrogen) atoms. The minimum atomic E-state index is -4.26. The maximum absolute atomic E-state index is 11.0. The average Bonchev–Trinajstić information content (AvgIpc) is 2.34. The summed E-state index contributed by atoms with van der Waals surface area (Å²) in [4.78, 5) is 11.0. The van der Waals surface area contributed by atoms with Gasteiger partial charge in [-0.2, -0.15) is 8.42 Å². The number of hydrogen-bond acceptors (Lipinski definition) is 4. The first-order valence-electron chi connectivity index (χ1n) is 7.56. The molecule has 0 aliphatic rings. The van der Waals surface area contributed by atoms with Crippen molar-refractivity contribution in [2.24, 2.45) is 0 Å². The van der Waals surface area contributed by atoms with Crippen LogP contribution >= 0.6 is 0 Å². The van der Waals surface area contributed by atoms with Gasteiger partial charge in [-0.3, -0.25) is 9.35 Å². The Bertz CT molecular complexity index is 343. The Kier molecular flexibility index (Phi) is 18.4. The fraction of sp³-hybridized carbons (Fsp3) is 0.929. The fourth-order valence-corrected chi connectivity index (χ4v) is 2.35. The summed E-state index contributed by atoms with van der Waals surface area (Å²) < 4.78 is 33.9. The molecule has 0 spiro atoms. The van der Waals surface area contributed by atoms with Crippen LogP contribution in [0, 0.1) is 0 Å². The minimum absolute atomic E-state index is 0. The molecule has 0 unspecified atom stereocenters. The topological polar surface area (TPSA) is 80.7 Å². The summed E-state index contributed by atoms with van der Waals surface area (Å²) in [5.74, 6) is -1.84. The van der Waals surface area contributed by atoms with E-state index < -0.39 is 21.8 Å². The summed E-state index contributed by atoms with van der Waals surface area (Å²) in [5, 5.41) is 0. The van der Waals surface area contributed by atoms with Gasteiger partial charge >= 0.3 is 57.4 Å². The van der Waals surface area contributed by atoms with Gasteiger partial charge in [-0.05, 0) is 6.42 Å².